The molecule has 0 unspecified atom stereocenters. The highest BCUT2D eigenvalue weighted by molar-refractivity contribution is 5.65. The first-order valence-electron chi connectivity index (χ1n) is 4.53. The van der Waals surface area contributed by atoms with E-state index in [9.17, 15) is 10.1 Å². The molecule has 4 heteroatoms. The van der Waals surface area contributed by atoms with Crippen molar-refractivity contribution in [3.63, 3.8) is 0 Å². The van der Waals surface area contributed by atoms with Crippen LogP contribution in [0.1, 0.15) is 19.4 Å². The van der Waals surface area contributed by atoms with Gasteiger partial charge in [0.2, 0.25) is 0 Å². The molecule has 1 aromatic rings. The number of nitro groups is 1. The van der Waals surface area contributed by atoms with E-state index in [1.54, 1.807) is 19.1 Å². The number of nitro benzene ring substituents is 1. The van der Waals surface area contributed by atoms with Crippen LogP contribution in [0.2, 0.25) is 0 Å². The van der Waals surface area contributed by atoms with Crippen molar-refractivity contribution < 1.29 is 4.92 Å². The third kappa shape index (κ3) is 2.22. The second-order valence-electron chi connectivity index (χ2n) is 3.53. The molecule has 1 aromatic carbocycles. The maximum absolute atomic E-state index is 10.8. The van der Waals surface area contributed by atoms with Crippen molar-refractivity contribution >= 4 is 11.4 Å². The largest absolute Gasteiger partial charge is 0.377 e. The van der Waals surface area contributed by atoms with E-state index in [1.165, 1.54) is 0 Å². The van der Waals surface area contributed by atoms with Crippen LogP contribution in [0.15, 0.2) is 18.2 Å². The van der Waals surface area contributed by atoms with Gasteiger partial charge in [0.15, 0.2) is 0 Å². The Balaban J connectivity index is 3.14. The maximum Gasteiger partial charge on any atom is 0.295 e. The van der Waals surface area contributed by atoms with Gasteiger partial charge in [-0.2, -0.15) is 0 Å². The quantitative estimate of drug-likeness (QED) is 0.594. The lowest BCUT2D eigenvalue weighted by Gasteiger charge is -2.10. The lowest BCUT2D eigenvalue weighted by molar-refractivity contribution is -0.384. The summed E-state index contributed by atoms with van der Waals surface area (Å²) < 4.78 is 0. The number of rotatable bonds is 3. The number of para-hydroxylation sites is 1. The number of nitrogens with zero attached hydrogens (tertiary/aromatic N) is 1. The molecule has 14 heavy (non-hydrogen) atoms. The minimum atomic E-state index is -0.347. The van der Waals surface area contributed by atoms with Crippen molar-refractivity contribution in [2.75, 3.05) is 5.32 Å². The van der Waals surface area contributed by atoms with E-state index in [1.807, 2.05) is 19.9 Å². The highest BCUT2D eigenvalue weighted by Gasteiger charge is 2.16. The van der Waals surface area contributed by atoms with E-state index in [-0.39, 0.29) is 16.7 Å². The van der Waals surface area contributed by atoms with Crippen LogP contribution in [0.5, 0.6) is 0 Å². The van der Waals surface area contributed by atoms with Crippen molar-refractivity contribution in [3.05, 3.63) is 33.9 Å². The SMILES string of the molecule is Cc1cccc(NC(C)C)c1[N+](=O)[O-]. The number of aryl methyl sites for hydroxylation is 1. The Bertz CT molecular complexity index is 348. The molecule has 0 fully saturated rings. The van der Waals surface area contributed by atoms with E-state index in [4.69, 9.17) is 0 Å². The van der Waals surface area contributed by atoms with Gasteiger partial charge in [0.05, 0.1) is 4.92 Å². The minimum Gasteiger partial charge on any atom is -0.377 e. The molecular weight excluding hydrogens is 180 g/mol. The topological polar surface area (TPSA) is 55.2 Å². The molecule has 0 saturated heterocycles. The second-order valence-corrected chi connectivity index (χ2v) is 3.53. The molecule has 0 aromatic heterocycles. The van der Waals surface area contributed by atoms with Gasteiger partial charge >= 0.3 is 0 Å². The molecule has 4 nitrogen and oxygen atoms in total. The fourth-order valence-electron chi connectivity index (χ4n) is 1.33. The second kappa shape index (κ2) is 4.09. The Kier molecular flexibility index (Phi) is 3.06. The molecule has 0 radical (unpaired) electrons. The Morgan fingerprint density at radius 1 is 1.43 bits per heavy atom. The Labute approximate surface area is 83.1 Å². The van der Waals surface area contributed by atoms with Crippen LogP contribution in [0.25, 0.3) is 0 Å². The van der Waals surface area contributed by atoms with Crippen LogP contribution in [-0.2, 0) is 0 Å². The summed E-state index contributed by atoms with van der Waals surface area (Å²) in [5.74, 6) is 0. The van der Waals surface area contributed by atoms with Gasteiger partial charge in [-0.25, -0.2) is 0 Å². The molecule has 0 bridgehead atoms. The highest BCUT2D eigenvalue weighted by Crippen LogP contribution is 2.28. The van der Waals surface area contributed by atoms with E-state index < -0.39 is 0 Å². The van der Waals surface area contributed by atoms with Gasteiger partial charge in [0.1, 0.15) is 5.69 Å². The summed E-state index contributed by atoms with van der Waals surface area (Å²) in [5, 5.41) is 13.8. The predicted molar refractivity (Wildman–Crippen MR) is 56.6 cm³/mol. The van der Waals surface area contributed by atoms with Gasteiger partial charge in [0.25, 0.3) is 5.69 Å². The van der Waals surface area contributed by atoms with Crippen LogP contribution >= 0.6 is 0 Å². The number of anilines is 1. The summed E-state index contributed by atoms with van der Waals surface area (Å²) >= 11 is 0. The zero-order chi connectivity index (χ0) is 10.7. The molecule has 0 atom stereocenters. The molecule has 0 saturated carbocycles. The normalized spacial score (nSPS) is 10.3. The smallest absolute Gasteiger partial charge is 0.295 e. The van der Waals surface area contributed by atoms with Gasteiger partial charge in [0, 0.05) is 11.6 Å². The van der Waals surface area contributed by atoms with Crippen molar-refractivity contribution in [3.8, 4) is 0 Å². The molecule has 0 spiro atoms. The molecule has 0 aliphatic rings. The van der Waals surface area contributed by atoms with Gasteiger partial charge < -0.3 is 5.32 Å². The Morgan fingerprint density at radius 2 is 2.07 bits per heavy atom. The molecule has 0 heterocycles. The molecule has 0 amide bonds. The lowest BCUT2D eigenvalue weighted by Crippen LogP contribution is -2.11. The van der Waals surface area contributed by atoms with Crippen LogP contribution in [0.3, 0.4) is 0 Å². The first-order chi connectivity index (χ1) is 6.52. The number of nitrogens with one attached hydrogen (secondary N) is 1. The number of benzene rings is 1. The van der Waals surface area contributed by atoms with Crippen LogP contribution in [0, 0.1) is 17.0 Å². The first kappa shape index (κ1) is 10.5. The van der Waals surface area contributed by atoms with Gasteiger partial charge in [-0.1, -0.05) is 12.1 Å². The third-order valence-electron chi connectivity index (χ3n) is 1.86. The van der Waals surface area contributed by atoms with Crippen LogP contribution < -0.4 is 5.32 Å². The summed E-state index contributed by atoms with van der Waals surface area (Å²) in [6.45, 7) is 5.64. The monoisotopic (exact) mass is 194 g/mol. The van der Waals surface area contributed by atoms with Crippen LogP contribution in [0.4, 0.5) is 11.4 Å². The van der Waals surface area contributed by atoms with E-state index >= 15 is 0 Å². The maximum atomic E-state index is 10.8. The number of hydrogen-bond acceptors (Lipinski definition) is 3. The summed E-state index contributed by atoms with van der Waals surface area (Å²) in [6.07, 6.45) is 0. The fourth-order valence-corrected chi connectivity index (χ4v) is 1.33. The molecule has 76 valence electrons. The standard InChI is InChI=1S/C10H14N2O2/c1-7(2)11-9-6-4-5-8(3)10(9)12(13)14/h4-7,11H,1-3H3. The summed E-state index contributed by atoms with van der Waals surface area (Å²) in [7, 11) is 0. The van der Waals surface area contributed by atoms with Crippen molar-refractivity contribution in [2.24, 2.45) is 0 Å². The number of hydrogen-bond donors (Lipinski definition) is 1. The van der Waals surface area contributed by atoms with E-state index in [2.05, 4.69) is 5.32 Å². The Morgan fingerprint density at radius 3 is 2.57 bits per heavy atom. The summed E-state index contributed by atoms with van der Waals surface area (Å²) in [6, 6.07) is 5.47. The van der Waals surface area contributed by atoms with E-state index in [0.29, 0.717) is 11.3 Å². The van der Waals surface area contributed by atoms with Crippen molar-refractivity contribution in [1.29, 1.82) is 0 Å². The Hall–Kier alpha value is -1.58. The van der Waals surface area contributed by atoms with Crippen molar-refractivity contribution in [1.82, 2.24) is 0 Å². The van der Waals surface area contributed by atoms with Gasteiger partial charge in [-0.3, -0.25) is 10.1 Å². The third-order valence-corrected chi connectivity index (χ3v) is 1.86. The molecule has 1 rings (SSSR count). The average molecular weight is 194 g/mol. The van der Waals surface area contributed by atoms with E-state index in [0.717, 1.165) is 0 Å². The van der Waals surface area contributed by atoms with Gasteiger partial charge in [-0.05, 0) is 26.8 Å². The molecular formula is C10H14N2O2. The highest BCUT2D eigenvalue weighted by atomic mass is 16.6. The zero-order valence-corrected chi connectivity index (χ0v) is 8.57. The molecule has 0 aliphatic heterocycles. The zero-order valence-electron chi connectivity index (χ0n) is 8.57. The lowest BCUT2D eigenvalue weighted by atomic mass is 10.1. The van der Waals surface area contributed by atoms with Crippen LogP contribution in [-0.4, -0.2) is 11.0 Å². The average Bonchev–Trinajstić information content (AvgIpc) is 2.01. The summed E-state index contributed by atoms with van der Waals surface area (Å²) in [5.41, 5.74) is 1.44. The summed E-state index contributed by atoms with van der Waals surface area (Å²) in [4.78, 5) is 10.4. The molecule has 0 aliphatic carbocycles. The first-order valence-corrected chi connectivity index (χ1v) is 4.53. The molecule has 1 N–H and O–H groups in total. The minimum absolute atomic E-state index is 0.168. The fraction of sp³-hybridized carbons (Fsp3) is 0.400. The van der Waals surface area contributed by atoms with Gasteiger partial charge in [-0.15, -0.1) is 0 Å². The predicted octanol–water partition coefficient (Wildman–Crippen LogP) is 2.72. The van der Waals surface area contributed by atoms with Crippen molar-refractivity contribution in [2.45, 2.75) is 26.8 Å².